The number of aliphatic carboxylic acids is 7. The van der Waals surface area contributed by atoms with Gasteiger partial charge in [0.1, 0.15) is 6.29 Å². The van der Waals surface area contributed by atoms with E-state index in [9.17, 15) is 74.1 Å². The molecule has 0 atom stereocenters. The van der Waals surface area contributed by atoms with Gasteiger partial charge >= 0.3 is 41.8 Å². The Kier molecular flexibility index (Phi) is 13.2. The van der Waals surface area contributed by atoms with Gasteiger partial charge in [-0.1, -0.05) is 0 Å². The van der Waals surface area contributed by atoms with Crippen LogP contribution in [0.5, 0.6) is 0 Å². The monoisotopic (exact) mass is 814 g/mol. The standard InChI is InChI=1S/C40H38N4O15/c45-9-1-2-18-22(10-37(52)53)30-16-29-21(5-8-36(50)51)25(13-40(58)59)33(44-29)17-32-24(12-39(56)57)20(4-7-35(48)49)28(43-32)14-27-19(3-6-34(46)47)23(11-38(54)55)31(42-27)15-26(18)41-30/h9,14-17,42-43H,1-8,10-13H2,(H,46,47)(H,48,49)(H,50,51)(H,52,53)(H,54,55)(H,56,57)(H,58,59). The Hall–Kier alpha value is -7.44. The highest BCUT2D eigenvalue weighted by atomic mass is 16.4. The van der Waals surface area contributed by atoms with Gasteiger partial charge in [-0.05, 0) is 94.5 Å². The number of H-pyrrole nitrogens is 2. The molecule has 19 nitrogen and oxygen atoms in total. The molecule has 19 heteroatoms. The highest BCUT2D eigenvalue weighted by Crippen LogP contribution is 2.40. The third-order valence-electron chi connectivity index (χ3n) is 9.73. The molecule has 0 saturated carbocycles. The van der Waals surface area contributed by atoms with Crippen LogP contribution in [0.4, 0.5) is 0 Å². The Bertz CT molecular complexity index is 2540. The molecule has 2 aliphatic rings. The van der Waals surface area contributed by atoms with Gasteiger partial charge in [-0.25, -0.2) is 9.97 Å². The van der Waals surface area contributed by atoms with E-state index < -0.39 is 86.7 Å². The summed E-state index contributed by atoms with van der Waals surface area (Å²) >= 11 is 0. The minimum atomic E-state index is -1.33. The lowest BCUT2D eigenvalue weighted by Crippen LogP contribution is -2.04. The van der Waals surface area contributed by atoms with Gasteiger partial charge in [0.25, 0.3) is 0 Å². The fraction of sp³-hybridized carbons (Fsp3) is 0.300. The van der Waals surface area contributed by atoms with Crippen molar-refractivity contribution < 1.29 is 74.1 Å². The van der Waals surface area contributed by atoms with E-state index in [2.05, 4.69) is 15.0 Å². The SMILES string of the molecule is O=CCCC1=C(CC(=O)O)c2cc3nc(cc4[nH]c(cc5[nH]c(cc1n2)c(CC(=O)O)c5CCC(=O)O)c(CCC(=O)O)c4CC(=O)O)C(CC(=O)O)=C3CCC(=O)O. The molecule has 9 N–H and O–H groups in total. The number of carboxylic acid groups (broad SMARTS) is 7. The van der Waals surface area contributed by atoms with Gasteiger partial charge in [0.2, 0.25) is 0 Å². The molecule has 0 aliphatic carbocycles. The number of aromatic nitrogens is 4. The van der Waals surface area contributed by atoms with Crippen LogP contribution in [0.3, 0.4) is 0 Å². The first-order chi connectivity index (χ1) is 27.9. The van der Waals surface area contributed by atoms with E-state index in [-0.39, 0.29) is 116 Å². The Balaban J connectivity index is 2.09. The Morgan fingerprint density at radius 2 is 0.780 bits per heavy atom. The average Bonchev–Trinajstić information content (AvgIpc) is 3.81. The molecule has 0 fully saturated rings. The summed E-state index contributed by atoms with van der Waals surface area (Å²) in [7, 11) is 0. The second kappa shape index (κ2) is 18.2. The van der Waals surface area contributed by atoms with Crippen molar-refractivity contribution in [3.8, 4) is 0 Å². The van der Waals surface area contributed by atoms with Crippen LogP contribution in [-0.2, 0) is 64.0 Å². The second-order valence-electron chi connectivity index (χ2n) is 13.7. The van der Waals surface area contributed by atoms with Crippen LogP contribution in [0.25, 0.3) is 44.4 Å². The van der Waals surface area contributed by atoms with Gasteiger partial charge in [0.15, 0.2) is 0 Å². The van der Waals surface area contributed by atoms with Crippen molar-refractivity contribution >= 4 is 92.4 Å². The van der Waals surface area contributed by atoms with Crippen molar-refractivity contribution in [2.75, 3.05) is 0 Å². The number of carbonyl (C=O) groups excluding carboxylic acids is 1. The van der Waals surface area contributed by atoms with Gasteiger partial charge < -0.3 is 50.5 Å². The molecule has 59 heavy (non-hydrogen) atoms. The molecule has 308 valence electrons. The molecule has 0 aromatic carbocycles. The number of allylic oxidation sites excluding steroid dienone is 2. The molecule has 0 spiro atoms. The van der Waals surface area contributed by atoms with Crippen LogP contribution in [0.1, 0.15) is 96.4 Å². The van der Waals surface area contributed by atoms with Crippen LogP contribution < -0.4 is 0 Å². The first-order valence-electron chi connectivity index (χ1n) is 18.1. The van der Waals surface area contributed by atoms with Crippen molar-refractivity contribution in [1.29, 1.82) is 0 Å². The lowest BCUT2D eigenvalue weighted by Gasteiger charge is -2.07. The molecule has 8 bridgehead atoms. The number of rotatable bonds is 20. The quantitative estimate of drug-likeness (QED) is 0.0721. The lowest BCUT2D eigenvalue weighted by molar-refractivity contribution is -0.138. The van der Waals surface area contributed by atoms with Gasteiger partial charge in [0, 0.05) is 47.8 Å². The van der Waals surface area contributed by atoms with E-state index in [0.717, 1.165) is 0 Å². The molecule has 5 heterocycles. The van der Waals surface area contributed by atoms with Crippen molar-refractivity contribution in [1.82, 2.24) is 19.9 Å². The number of nitrogens with one attached hydrogen (secondary N) is 2. The Morgan fingerprint density at radius 3 is 1.19 bits per heavy atom. The van der Waals surface area contributed by atoms with Gasteiger partial charge in [0.05, 0.1) is 48.5 Å². The molecule has 2 aliphatic heterocycles. The number of hydrogen-bond donors (Lipinski definition) is 9. The number of aryl methyl sites for hydroxylation is 2. The third kappa shape index (κ3) is 10.3. The number of carbonyl (C=O) groups is 8. The summed E-state index contributed by atoms with van der Waals surface area (Å²) in [5, 5.41) is 69.0. The topological polar surface area (TPSA) is 336 Å². The number of hydrogen-bond acceptors (Lipinski definition) is 10. The van der Waals surface area contributed by atoms with Crippen LogP contribution >= 0.6 is 0 Å². The van der Waals surface area contributed by atoms with Crippen LogP contribution in [0.15, 0.2) is 24.3 Å². The van der Waals surface area contributed by atoms with Crippen molar-refractivity contribution in [2.45, 2.75) is 77.0 Å². The number of aromatic amines is 2. The molecular weight excluding hydrogens is 776 g/mol. The van der Waals surface area contributed by atoms with Gasteiger partial charge in [-0.2, -0.15) is 0 Å². The van der Waals surface area contributed by atoms with E-state index in [1.165, 1.54) is 24.3 Å². The summed E-state index contributed by atoms with van der Waals surface area (Å²) in [5.74, 6) is -8.88. The number of aldehydes is 1. The zero-order valence-corrected chi connectivity index (χ0v) is 31.2. The molecule has 0 amide bonds. The second-order valence-corrected chi connectivity index (χ2v) is 13.7. The Morgan fingerprint density at radius 1 is 0.424 bits per heavy atom. The number of nitrogens with zero attached hydrogens (tertiary/aromatic N) is 2. The average molecular weight is 815 g/mol. The third-order valence-corrected chi connectivity index (χ3v) is 9.73. The molecule has 0 radical (unpaired) electrons. The maximum absolute atomic E-state index is 12.3. The molecular formula is C40H38N4O15. The fourth-order valence-electron chi connectivity index (χ4n) is 7.34. The summed E-state index contributed by atoms with van der Waals surface area (Å²) < 4.78 is 0. The molecule has 0 unspecified atom stereocenters. The van der Waals surface area contributed by atoms with Crippen molar-refractivity contribution in [3.05, 3.63) is 69.3 Å². The van der Waals surface area contributed by atoms with E-state index >= 15 is 0 Å². The maximum atomic E-state index is 12.3. The van der Waals surface area contributed by atoms with E-state index in [4.69, 9.17) is 4.98 Å². The largest absolute Gasteiger partial charge is 0.481 e. The lowest BCUT2D eigenvalue weighted by atomic mass is 9.95. The smallest absolute Gasteiger partial charge is 0.307 e. The van der Waals surface area contributed by atoms with Crippen LogP contribution in [-0.4, -0.2) is 104 Å². The van der Waals surface area contributed by atoms with Crippen LogP contribution in [0.2, 0.25) is 0 Å². The normalized spacial score (nSPS) is 12.4. The molecule has 3 aromatic rings. The highest BCUT2D eigenvalue weighted by molar-refractivity contribution is 6.02. The first kappa shape index (κ1) is 42.7. The van der Waals surface area contributed by atoms with E-state index in [1.54, 1.807) is 0 Å². The minimum absolute atomic E-state index is 0.0167. The van der Waals surface area contributed by atoms with Crippen LogP contribution in [0, 0.1) is 0 Å². The zero-order chi connectivity index (χ0) is 43.1. The zero-order valence-electron chi connectivity index (χ0n) is 31.2. The summed E-state index contributed by atoms with van der Waals surface area (Å²) in [6.45, 7) is 0. The molecule has 0 saturated heterocycles. The minimum Gasteiger partial charge on any atom is -0.481 e. The predicted octanol–water partition coefficient (Wildman–Crippen LogP) is 4.22. The number of carboxylic acids is 7. The van der Waals surface area contributed by atoms with E-state index in [0.29, 0.717) is 11.9 Å². The highest BCUT2D eigenvalue weighted by Gasteiger charge is 2.28. The van der Waals surface area contributed by atoms with Crippen molar-refractivity contribution in [3.63, 3.8) is 0 Å². The van der Waals surface area contributed by atoms with E-state index in [1.807, 2.05) is 0 Å². The molecule has 3 aromatic heterocycles. The summed E-state index contributed by atoms with van der Waals surface area (Å²) in [4.78, 5) is 112. The molecule has 5 rings (SSSR count). The summed E-state index contributed by atoms with van der Waals surface area (Å²) in [6.07, 6.45) is -4.13. The maximum Gasteiger partial charge on any atom is 0.307 e. The van der Waals surface area contributed by atoms with Gasteiger partial charge in [-0.3, -0.25) is 33.6 Å². The summed E-state index contributed by atoms with van der Waals surface area (Å²) in [6, 6.07) is 5.58. The van der Waals surface area contributed by atoms with Gasteiger partial charge in [-0.15, -0.1) is 0 Å². The Labute approximate surface area is 332 Å². The fourth-order valence-corrected chi connectivity index (χ4v) is 7.34. The summed E-state index contributed by atoms with van der Waals surface area (Å²) in [5.41, 5.74) is 1.98. The predicted molar refractivity (Wildman–Crippen MR) is 206 cm³/mol. The number of fused-ring (bicyclic) bond motifs is 8. The first-order valence-corrected chi connectivity index (χ1v) is 18.1. The van der Waals surface area contributed by atoms with Crippen molar-refractivity contribution in [2.24, 2.45) is 0 Å².